The highest BCUT2D eigenvalue weighted by molar-refractivity contribution is 5.02. The zero-order valence-corrected chi connectivity index (χ0v) is 12.3. The molecule has 2 fully saturated rings. The highest BCUT2D eigenvalue weighted by atomic mass is 16.4. The van der Waals surface area contributed by atoms with Crippen molar-refractivity contribution in [2.24, 2.45) is 0 Å². The zero-order valence-electron chi connectivity index (χ0n) is 12.3. The van der Waals surface area contributed by atoms with E-state index in [0.717, 1.165) is 6.04 Å². The number of rotatable bonds is 5. The van der Waals surface area contributed by atoms with E-state index in [4.69, 9.17) is 4.42 Å². The van der Waals surface area contributed by atoms with Crippen molar-refractivity contribution in [2.45, 2.75) is 63.3 Å². The molecule has 1 aromatic heterocycles. The average molecular weight is 278 g/mol. The van der Waals surface area contributed by atoms with Crippen LogP contribution in [0.5, 0.6) is 0 Å². The Kier molecular flexibility index (Phi) is 4.44. The summed E-state index contributed by atoms with van der Waals surface area (Å²) in [6.45, 7) is 4.69. The van der Waals surface area contributed by atoms with E-state index >= 15 is 0 Å². The number of nitrogens with zero attached hydrogens (tertiary/aromatic N) is 1. The van der Waals surface area contributed by atoms with Gasteiger partial charge in [-0.15, -0.1) is 0 Å². The normalized spacial score (nSPS) is 30.1. The Morgan fingerprint density at radius 3 is 3.15 bits per heavy atom. The van der Waals surface area contributed by atoms with Gasteiger partial charge in [-0.3, -0.25) is 0 Å². The first-order valence-electron chi connectivity index (χ1n) is 7.94. The Balaban J connectivity index is 1.45. The lowest BCUT2D eigenvalue weighted by molar-refractivity contribution is 0.117. The van der Waals surface area contributed by atoms with E-state index in [0.29, 0.717) is 24.3 Å². The Labute approximate surface area is 121 Å². The van der Waals surface area contributed by atoms with Gasteiger partial charge in [-0.25, -0.2) is 0 Å². The minimum Gasteiger partial charge on any atom is -0.467 e. The van der Waals surface area contributed by atoms with Gasteiger partial charge in [-0.05, 0) is 64.3 Å². The average Bonchev–Trinajstić information content (AvgIpc) is 3.09. The number of hydrogen-bond donors (Lipinski definition) is 2. The van der Waals surface area contributed by atoms with Gasteiger partial charge in [0.05, 0.1) is 6.26 Å². The van der Waals surface area contributed by atoms with Gasteiger partial charge in [-0.2, -0.15) is 0 Å². The maximum atomic E-state index is 10.1. The van der Waals surface area contributed by atoms with Gasteiger partial charge < -0.3 is 19.7 Å². The largest absolute Gasteiger partial charge is 0.467 e. The molecule has 1 aromatic rings. The van der Waals surface area contributed by atoms with Gasteiger partial charge in [-0.1, -0.05) is 0 Å². The smallest absolute Gasteiger partial charge is 0.132 e. The summed E-state index contributed by atoms with van der Waals surface area (Å²) >= 11 is 0. The molecule has 0 saturated carbocycles. The van der Waals surface area contributed by atoms with Gasteiger partial charge in [0.15, 0.2) is 0 Å². The number of fused-ring (bicyclic) bond motifs is 1. The quantitative estimate of drug-likeness (QED) is 0.868. The molecular formula is C16H26N2O2. The Hall–Kier alpha value is -0.840. The molecule has 0 aliphatic carbocycles. The van der Waals surface area contributed by atoms with Crippen LogP contribution in [0.2, 0.25) is 0 Å². The third kappa shape index (κ3) is 3.25. The summed E-state index contributed by atoms with van der Waals surface area (Å²) in [6, 6.07) is 5.38. The molecule has 0 bridgehead atoms. The van der Waals surface area contributed by atoms with Gasteiger partial charge >= 0.3 is 0 Å². The van der Waals surface area contributed by atoms with Crippen LogP contribution in [0.4, 0.5) is 0 Å². The van der Waals surface area contributed by atoms with Crippen LogP contribution in [0.25, 0.3) is 0 Å². The zero-order chi connectivity index (χ0) is 13.9. The summed E-state index contributed by atoms with van der Waals surface area (Å²) in [4.78, 5) is 2.64. The van der Waals surface area contributed by atoms with Crippen LogP contribution < -0.4 is 5.32 Å². The summed E-state index contributed by atoms with van der Waals surface area (Å²) in [5, 5.41) is 13.8. The predicted octanol–water partition coefficient (Wildman–Crippen LogP) is 2.31. The minimum atomic E-state index is -0.501. The van der Waals surface area contributed by atoms with Crippen molar-refractivity contribution < 1.29 is 9.52 Å². The molecular weight excluding hydrogens is 252 g/mol. The first-order chi connectivity index (χ1) is 9.72. The first-order valence-corrected chi connectivity index (χ1v) is 7.94. The lowest BCUT2D eigenvalue weighted by atomic mass is 9.96. The van der Waals surface area contributed by atoms with Crippen molar-refractivity contribution in [3.63, 3.8) is 0 Å². The SMILES string of the molecule is CC(CC(O)c1ccco1)NC1CCN2CCCC2C1. The van der Waals surface area contributed by atoms with Crippen LogP contribution in [-0.4, -0.2) is 41.2 Å². The van der Waals surface area contributed by atoms with Crippen molar-refractivity contribution >= 4 is 0 Å². The third-order valence-electron chi connectivity index (χ3n) is 4.79. The molecule has 4 unspecified atom stereocenters. The number of hydrogen-bond acceptors (Lipinski definition) is 4. The second-order valence-corrected chi connectivity index (χ2v) is 6.39. The van der Waals surface area contributed by atoms with Crippen molar-refractivity contribution in [3.8, 4) is 0 Å². The lowest BCUT2D eigenvalue weighted by Gasteiger charge is -2.36. The summed E-state index contributed by atoms with van der Waals surface area (Å²) in [6.07, 6.45) is 7.05. The van der Waals surface area contributed by atoms with E-state index in [1.165, 1.54) is 38.8 Å². The summed E-state index contributed by atoms with van der Waals surface area (Å²) in [5.74, 6) is 0.671. The van der Waals surface area contributed by atoms with Crippen LogP contribution >= 0.6 is 0 Å². The first kappa shape index (κ1) is 14.1. The lowest BCUT2D eigenvalue weighted by Crippen LogP contribution is -2.48. The monoisotopic (exact) mass is 278 g/mol. The van der Waals surface area contributed by atoms with Crippen molar-refractivity contribution in [2.75, 3.05) is 13.1 Å². The molecule has 0 amide bonds. The fourth-order valence-corrected chi connectivity index (χ4v) is 3.78. The number of piperidine rings is 1. The molecule has 2 aliphatic heterocycles. The third-order valence-corrected chi connectivity index (χ3v) is 4.79. The van der Waals surface area contributed by atoms with Gasteiger partial charge in [0.2, 0.25) is 0 Å². The van der Waals surface area contributed by atoms with Crippen LogP contribution in [-0.2, 0) is 0 Å². The highest BCUT2D eigenvalue weighted by Gasteiger charge is 2.32. The summed E-state index contributed by atoms with van der Waals surface area (Å²) in [5.41, 5.74) is 0. The molecule has 112 valence electrons. The summed E-state index contributed by atoms with van der Waals surface area (Å²) < 4.78 is 5.26. The van der Waals surface area contributed by atoms with Crippen LogP contribution in [0.15, 0.2) is 22.8 Å². The molecule has 4 heteroatoms. The Bertz CT molecular complexity index is 407. The number of aliphatic hydroxyl groups excluding tert-OH is 1. The Morgan fingerprint density at radius 1 is 1.45 bits per heavy atom. The van der Waals surface area contributed by atoms with Crippen LogP contribution in [0, 0.1) is 0 Å². The molecule has 3 heterocycles. The van der Waals surface area contributed by atoms with Crippen molar-refractivity contribution in [1.82, 2.24) is 10.2 Å². The topological polar surface area (TPSA) is 48.6 Å². The number of nitrogens with one attached hydrogen (secondary N) is 1. The van der Waals surface area contributed by atoms with Crippen molar-refractivity contribution in [3.05, 3.63) is 24.2 Å². The highest BCUT2D eigenvalue weighted by Crippen LogP contribution is 2.27. The Morgan fingerprint density at radius 2 is 2.35 bits per heavy atom. The molecule has 4 atom stereocenters. The molecule has 4 nitrogen and oxygen atoms in total. The fourth-order valence-electron chi connectivity index (χ4n) is 3.78. The molecule has 20 heavy (non-hydrogen) atoms. The van der Waals surface area contributed by atoms with E-state index in [9.17, 15) is 5.11 Å². The predicted molar refractivity (Wildman–Crippen MR) is 78.5 cm³/mol. The van der Waals surface area contributed by atoms with Gasteiger partial charge in [0, 0.05) is 18.1 Å². The van der Waals surface area contributed by atoms with E-state index in [1.807, 2.05) is 12.1 Å². The van der Waals surface area contributed by atoms with Gasteiger partial charge in [0.25, 0.3) is 0 Å². The van der Waals surface area contributed by atoms with Gasteiger partial charge in [0.1, 0.15) is 11.9 Å². The van der Waals surface area contributed by atoms with E-state index < -0.39 is 6.10 Å². The summed E-state index contributed by atoms with van der Waals surface area (Å²) in [7, 11) is 0. The molecule has 2 N–H and O–H groups in total. The molecule has 0 aromatic carbocycles. The second-order valence-electron chi connectivity index (χ2n) is 6.39. The second kappa shape index (κ2) is 6.29. The molecule has 0 radical (unpaired) electrons. The molecule has 3 rings (SSSR count). The van der Waals surface area contributed by atoms with E-state index in [1.54, 1.807) is 6.26 Å². The maximum Gasteiger partial charge on any atom is 0.132 e. The van der Waals surface area contributed by atoms with E-state index in [-0.39, 0.29) is 0 Å². The molecule has 2 saturated heterocycles. The fraction of sp³-hybridized carbons (Fsp3) is 0.750. The number of furan rings is 1. The van der Waals surface area contributed by atoms with Crippen molar-refractivity contribution in [1.29, 1.82) is 0 Å². The maximum absolute atomic E-state index is 10.1. The molecule has 2 aliphatic rings. The standard InChI is InChI=1S/C16H26N2O2/c1-12(10-15(19)16-5-3-9-20-16)17-13-6-8-18-7-2-4-14(18)11-13/h3,5,9,12-15,17,19H,2,4,6-8,10-11H2,1H3. The van der Waals surface area contributed by atoms with Crippen LogP contribution in [0.1, 0.15) is 50.9 Å². The minimum absolute atomic E-state index is 0.313. The van der Waals surface area contributed by atoms with E-state index in [2.05, 4.69) is 17.1 Å². The number of aliphatic hydroxyl groups is 1. The molecule has 0 spiro atoms. The van der Waals surface area contributed by atoms with Crippen LogP contribution in [0.3, 0.4) is 0 Å².